The van der Waals surface area contributed by atoms with E-state index in [2.05, 4.69) is 20.6 Å². The first-order valence-electron chi connectivity index (χ1n) is 13.2. The number of imidazole rings is 1. The number of nitrogens with zero attached hydrogens (tertiary/aromatic N) is 2. The Labute approximate surface area is 232 Å². The summed E-state index contributed by atoms with van der Waals surface area (Å²) in [6.45, 7) is 7.58. The van der Waals surface area contributed by atoms with Crippen LogP contribution in [0.5, 0.6) is 0 Å². The number of carbonyl (C=O) groups excluding carboxylic acids is 2. The summed E-state index contributed by atoms with van der Waals surface area (Å²) < 4.78 is 42.9. The second kappa shape index (κ2) is 14.2. The number of amides is 2. The van der Waals surface area contributed by atoms with Crippen LogP contribution >= 0.6 is 11.8 Å². The summed E-state index contributed by atoms with van der Waals surface area (Å²) in [7, 11) is 0. The fourth-order valence-electron chi connectivity index (χ4n) is 4.68. The average molecular weight is 569 g/mol. The normalized spacial score (nSPS) is 18.2. The Balaban J connectivity index is 1.80. The molecule has 3 unspecified atom stereocenters. The van der Waals surface area contributed by atoms with Gasteiger partial charge in [0.15, 0.2) is 0 Å². The van der Waals surface area contributed by atoms with Crippen molar-refractivity contribution in [1.82, 2.24) is 25.5 Å². The molecule has 0 aliphatic carbocycles. The van der Waals surface area contributed by atoms with Crippen molar-refractivity contribution in [2.24, 2.45) is 17.1 Å². The number of thioether (sulfide) groups is 1. The molecule has 12 heteroatoms. The van der Waals surface area contributed by atoms with Gasteiger partial charge in [0.25, 0.3) is 0 Å². The van der Waals surface area contributed by atoms with Crippen molar-refractivity contribution in [2.75, 3.05) is 44.2 Å². The third-order valence-electron chi connectivity index (χ3n) is 6.62. The van der Waals surface area contributed by atoms with Gasteiger partial charge in [-0.1, -0.05) is 20.8 Å². The topological polar surface area (TPSA) is 116 Å². The third kappa shape index (κ3) is 8.71. The van der Waals surface area contributed by atoms with Crippen molar-refractivity contribution >= 4 is 23.6 Å². The van der Waals surface area contributed by atoms with Crippen LogP contribution in [0.2, 0.25) is 0 Å². The van der Waals surface area contributed by atoms with Crippen LogP contribution in [0.4, 0.5) is 13.2 Å². The van der Waals surface area contributed by atoms with Crippen molar-refractivity contribution < 1.29 is 22.8 Å². The van der Waals surface area contributed by atoms with Crippen LogP contribution in [0.1, 0.15) is 45.5 Å². The van der Waals surface area contributed by atoms with E-state index in [-0.39, 0.29) is 47.8 Å². The Hall–Kier alpha value is -2.57. The second-order valence-corrected chi connectivity index (χ2v) is 12.0. The molecule has 1 aromatic heterocycles. The molecule has 8 nitrogen and oxygen atoms in total. The molecule has 3 atom stereocenters. The van der Waals surface area contributed by atoms with Gasteiger partial charge in [-0.2, -0.15) is 11.8 Å². The van der Waals surface area contributed by atoms with E-state index >= 15 is 0 Å². The van der Waals surface area contributed by atoms with Crippen molar-refractivity contribution in [3.05, 3.63) is 41.9 Å². The first-order valence-corrected chi connectivity index (χ1v) is 14.4. The lowest BCUT2D eigenvalue weighted by molar-refractivity contribution is -0.134. The van der Waals surface area contributed by atoms with Crippen LogP contribution in [0.25, 0.3) is 11.3 Å². The van der Waals surface area contributed by atoms with Crippen molar-refractivity contribution in [2.45, 2.75) is 45.8 Å². The fourth-order valence-corrected chi connectivity index (χ4v) is 5.41. The van der Waals surface area contributed by atoms with Crippen molar-refractivity contribution in [3.63, 3.8) is 0 Å². The number of carbonyl (C=O) groups is 2. The number of benzene rings is 1. The Morgan fingerprint density at radius 3 is 2.72 bits per heavy atom. The van der Waals surface area contributed by atoms with Crippen LogP contribution in [0.15, 0.2) is 24.4 Å². The maximum absolute atomic E-state index is 14.6. The van der Waals surface area contributed by atoms with Crippen molar-refractivity contribution in [1.29, 1.82) is 0 Å². The number of halogens is 3. The maximum Gasteiger partial charge on any atom is 0.233 e. The number of nitrogens with two attached hydrogens (primary N) is 1. The molecule has 0 bridgehead atoms. The minimum absolute atomic E-state index is 0.0344. The zero-order valence-electron chi connectivity index (χ0n) is 22.7. The Morgan fingerprint density at radius 1 is 1.28 bits per heavy atom. The van der Waals surface area contributed by atoms with E-state index in [1.54, 1.807) is 4.90 Å². The molecule has 39 heavy (non-hydrogen) atoms. The van der Waals surface area contributed by atoms with Gasteiger partial charge in [-0.25, -0.2) is 18.2 Å². The van der Waals surface area contributed by atoms with Gasteiger partial charge < -0.3 is 26.3 Å². The van der Waals surface area contributed by atoms with E-state index < -0.39 is 29.3 Å². The zero-order valence-corrected chi connectivity index (χ0v) is 23.6. The van der Waals surface area contributed by atoms with Crippen LogP contribution in [-0.4, -0.2) is 77.1 Å². The number of rotatable bonds is 13. The molecule has 1 aliphatic rings. The van der Waals surface area contributed by atoms with E-state index in [0.717, 1.165) is 18.2 Å². The number of aromatic nitrogens is 2. The van der Waals surface area contributed by atoms with Gasteiger partial charge in [0, 0.05) is 49.8 Å². The minimum atomic E-state index is -1.09. The molecule has 1 fully saturated rings. The van der Waals surface area contributed by atoms with Crippen LogP contribution in [0.3, 0.4) is 0 Å². The maximum atomic E-state index is 14.6. The summed E-state index contributed by atoms with van der Waals surface area (Å²) in [4.78, 5) is 34.6. The lowest BCUT2D eigenvalue weighted by Crippen LogP contribution is -2.46. The summed E-state index contributed by atoms with van der Waals surface area (Å²) >= 11 is 1.38. The lowest BCUT2D eigenvalue weighted by atomic mass is 9.84. The van der Waals surface area contributed by atoms with E-state index in [0.29, 0.717) is 44.1 Å². The highest BCUT2D eigenvalue weighted by atomic mass is 32.2. The molecule has 216 valence electrons. The highest BCUT2D eigenvalue weighted by Crippen LogP contribution is 2.39. The van der Waals surface area contributed by atoms with E-state index in [1.165, 1.54) is 18.0 Å². The molecule has 0 spiro atoms. The number of nitrogens with one attached hydrogen (secondary N) is 3. The second-order valence-electron chi connectivity index (χ2n) is 10.9. The molecular weight excluding hydrogens is 529 g/mol. The van der Waals surface area contributed by atoms with Gasteiger partial charge in [0.05, 0.1) is 23.7 Å². The summed E-state index contributed by atoms with van der Waals surface area (Å²) in [5.41, 5.74) is 5.23. The molecule has 2 amide bonds. The molecule has 2 aromatic rings. The number of aromatic amines is 1. The van der Waals surface area contributed by atoms with Gasteiger partial charge in [0.2, 0.25) is 11.8 Å². The van der Waals surface area contributed by atoms with E-state index in [4.69, 9.17) is 5.73 Å². The SMILES string of the molecule is CC(C)(C)C(c1ncc(-c2cc(F)ccc2F)[nH]1)N(CC1CNCC1F)C(=O)CSCCNC(=O)CCCN. The summed E-state index contributed by atoms with van der Waals surface area (Å²) in [5.74, 6) is -0.758. The minimum Gasteiger partial charge on any atom is -0.355 e. The quantitative estimate of drug-likeness (QED) is 0.275. The standard InChI is InChI=1S/C27H39F3N6O2S/c1-27(2,3)25(26-34-14-22(35-26)19-11-18(28)6-7-20(19)29)36(15-17-12-32-13-21(17)30)24(38)16-39-10-9-33-23(37)5-4-8-31/h6-7,11,14,17,21,25,32H,4-5,8-10,12-13,15-16,31H2,1-3H3,(H,33,37)(H,34,35). The smallest absolute Gasteiger partial charge is 0.233 e. The summed E-state index contributed by atoms with van der Waals surface area (Å²) in [6.07, 6.45) is 1.31. The highest BCUT2D eigenvalue weighted by Gasteiger charge is 2.40. The highest BCUT2D eigenvalue weighted by molar-refractivity contribution is 7.99. The number of hydrogen-bond donors (Lipinski definition) is 4. The largest absolute Gasteiger partial charge is 0.355 e. The third-order valence-corrected chi connectivity index (χ3v) is 7.56. The lowest BCUT2D eigenvalue weighted by Gasteiger charge is -2.40. The molecule has 2 heterocycles. The van der Waals surface area contributed by atoms with Crippen LogP contribution < -0.4 is 16.4 Å². The Kier molecular flexibility index (Phi) is 11.3. The van der Waals surface area contributed by atoms with E-state index in [1.807, 2.05) is 20.8 Å². The predicted molar refractivity (Wildman–Crippen MR) is 148 cm³/mol. The van der Waals surface area contributed by atoms with Gasteiger partial charge in [-0.3, -0.25) is 9.59 Å². The van der Waals surface area contributed by atoms with Gasteiger partial charge in [0.1, 0.15) is 23.6 Å². The van der Waals surface area contributed by atoms with E-state index in [9.17, 15) is 22.8 Å². The Morgan fingerprint density at radius 2 is 2.05 bits per heavy atom. The van der Waals surface area contributed by atoms with Gasteiger partial charge >= 0.3 is 0 Å². The molecule has 1 saturated heterocycles. The first kappa shape index (κ1) is 31.0. The monoisotopic (exact) mass is 568 g/mol. The van der Waals surface area contributed by atoms with Crippen LogP contribution in [-0.2, 0) is 9.59 Å². The summed E-state index contributed by atoms with van der Waals surface area (Å²) in [6, 6.07) is 2.60. The molecule has 3 rings (SSSR count). The Bertz CT molecular complexity index is 1110. The van der Waals surface area contributed by atoms with Crippen LogP contribution in [0, 0.1) is 23.0 Å². The molecule has 0 saturated carbocycles. The summed E-state index contributed by atoms with van der Waals surface area (Å²) in [5, 5.41) is 5.85. The number of alkyl halides is 1. The average Bonchev–Trinajstić information content (AvgIpc) is 3.51. The molecule has 1 aliphatic heterocycles. The predicted octanol–water partition coefficient (Wildman–Crippen LogP) is 3.42. The first-order chi connectivity index (χ1) is 18.5. The fraction of sp³-hybridized carbons (Fsp3) is 0.593. The van der Waals surface area contributed by atoms with Gasteiger partial charge in [-0.05, 0) is 36.6 Å². The molecule has 0 radical (unpaired) electrons. The number of hydrogen-bond acceptors (Lipinski definition) is 6. The van der Waals surface area contributed by atoms with Gasteiger partial charge in [-0.15, -0.1) is 0 Å². The molecule has 1 aromatic carbocycles. The molecule has 5 N–H and O–H groups in total. The molecular formula is C27H39F3N6O2S. The van der Waals surface area contributed by atoms with Crippen molar-refractivity contribution in [3.8, 4) is 11.3 Å². The zero-order chi connectivity index (χ0) is 28.6. The number of H-pyrrole nitrogens is 1.